The first-order chi connectivity index (χ1) is 9.72. The summed E-state index contributed by atoms with van der Waals surface area (Å²) in [4.78, 5) is 0. The molecule has 2 N–H and O–H groups in total. The average molecular weight is 265 g/mol. The standard InChI is InChI=1S/C18H19NO/c1-13-7-10-18-15(11-13)12-16(20-18)8-9-17(19)14-5-3-2-4-6-14/h2-7,10-12,17H,8-9,19H2,1H3. The van der Waals surface area contributed by atoms with Crippen LogP contribution in [0.25, 0.3) is 11.0 Å². The molecule has 1 aromatic heterocycles. The van der Waals surface area contributed by atoms with Gasteiger partial charge in [-0.15, -0.1) is 0 Å². The Hall–Kier alpha value is -2.06. The predicted octanol–water partition coefficient (Wildman–Crippen LogP) is 4.37. The van der Waals surface area contributed by atoms with Crippen LogP contribution in [0.4, 0.5) is 0 Å². The van der Waals surface area contributed by atoms with Crippen molar-refractivity contribution in [2.75, 3.05) is 0 Å². The summed E-state index contributed by atoms with van der Waals surface area (Å²) in [6.07, 6.45) is 1.76. The number of furan rings is 1. The number of hydrogen-bond acceptors (Lipinski definition) is 2. The summed E-state index contributed by atoms with van der Waals surface area (Å²) in [5, 5.41) is 1.17. The smallest absolute Gasteiger partial charge is 0.134 e. The summed E-state index contributed by atoms with van der Waals surface area (Å²) in [5.41, 5.74) is 9.61. The van der Waals surface area contributed by atoms with E-state index < -0.39 is 0 Å². The van der Waals surface area contributed by atoms with Gasteiger partial charge in [-0.3, -0.25) is 0 Å². The van der Waals surface area contributed by atoms with E-state index in [9.17, 15) is 0 Å². The van der Waals surface area contributed by atoms with Gasteiger partial charge in [0.05, 0.1) is 0 Å². The molecule has 1 atom stereocenters. The maximum atomic E-state index is 6.22. The van der Waals surface area contributed by atoms with E-state index in [-0.39, 0.29) is 6.04 Å². The fourth-order valence-electron chi connectivity index (χ4n) is 2.51. The second-order valence-electron chi connectivity index (χ2n) is 5.31. The third-order valence-corrected chi connectivity index (χ3v) is 3.65. The Balaban J connectivity index is 1.71. The zero-order valence-corrected chi connectivity index (χ0v) is 11.7. The van der Waals surface area contributed by atoms with Crippen LogP contribution in [0.3, 0.4) is 0 Å². The lowest BCUT2D eigenvalue weighted by Crippen LogP contribution is -2.10. The molecule has 2 nitrogen and oxygen atoms in total. The Bertz CT molecular complexity index is 700. The largest absolute Gasteiger partial charge is 0.461 e. The number of hydrogen-bond donors (Lipinski definition) is 1. The highest BCUT2D eigenvalue weighted by atomic mass is 16.3. The Morgan fingerprint density at radius 2 is 1.85 bits per heavy atom. The van der Waals surface area contributed by atoms with Crippen molar-refractivity contribution < 1.29 is 4.42 Å². The van der Waals surface area contributed by atoms with Gasteiger partial charge < -0.3 is 10.2 Å². The van der Waals surface area contributed by atoms with Crippen molar-refractivity contribution in [2.45, 2.75) is 25.8 Å². The molecule has 3 aromatic rings. The number of fused-ring (bicyclic) bond motifs is 1. The van der Waals surface area contributed by atoms with Gasteiger partial charge in [0.15, 0.2) is 0 Å². The van der Waals surface area contributed by atoms with Crippen molar-refractivity contribution >= 4 is 11.0 Å². The zero-order chi connectivity index (χ0) is 13.9. The average Bonchev–Trinajstić information content (AvgIpc) is 2.87. The van der Waals surface area contributed by atoms with Crippen molar-refractivity contribution in [2.24, 2.45) is 5.73 Å². The molecule has 2 aromatic carbocycles. The summed E-state index contributed by atoms with van der Waals surface area (Å²) in [6, 6.07) is 18.7. The highest BCUT2D eigenvalue weighted by Gasteiger charge is 2.08. The molecular weight excluding hydrogens is 246 g/mol. The molecule has 0 aliphatic rings. The quantitative estimate of drug-likeness (QED) is 0.760. The molecule has 102 valence electrons. The third-order valence-electron chi connectivity index (χ3n) is 3.65. The highest BCUT2D eigenvalue weighted by Crippen LogP contribution is 2.23. The normalized spacial score (nSPS) is 12.7. The van der Waals surface area contributed by atoms with Gasteiger partial charge in [-0.05, 0) is 37.1 Å². The summed E-state index contributed by atoms with van der Waals surface area (Å²) < 4.78 is 5.85. The molecule has 0 saturated heterocycles. The van der Waals surface area contributed by atoms with Crippen molar-refractivity contribution in [3.8, 4) is 0 Å². The molecule has 0 aliphatic heterocycles. The Morgan fingerprint density at radius 3 is 2.65 bits per heavy atom. The van der Waals surface area contributed by atoms with Gasteiger partial charge >= 0.3 is 0 Å². The minimum atomic E-state index is 0.0612. The molecule has 0 bridgehead atoms. The summed E-state index contributed by atoms with van der Waals surface area (Å²) >= 11 is 0. The van der Waals surface area contributed by atoms with Crippen LogP contribution in [0.15, 0.2) is 59.0 Å². The molecule has 0 radical (unpaired) electrons. The fourth-order valence-corrected chi connectivity index (χ4v) is 2.51. The summed E-state index contributed by atoms with van der Waals surface area (Å²) in [5.74, 6) is 1.01. The minimum Gasteiger partial charge on any atom is -0.461 e. The topological polar surface area (TPSA) is 39.2 Å². The van der Waals surface area contributed by atoms with Crippen LogP contribution in [-0.2, 0) is 6.42 Å². The van der Waals surface area contributed by atoms with Crippen LogP contribution >= 0.6 is 0 Å². The van der Waals surface area contributed by atoms with Gasteiger partial charge in [-0.1, -0.05) is 42.0 Å². The molecule has 1 unspecified atom stereocenters. The van der Waals surface area contributed by atoms with Crippen LogP contribution in [0.2, 0.25) is 0 Å². The molecule has 0 amide bonds. The number of benzene rings is 2. The van der Waals surface area contributed by atoms with Crippen LogP contribution < -0.4 is 5.73 Å². The van der Waals surface area contributed by atoms with E-state index in [1.165, 1.54) is 16.5 Å². The summed E-state index contributed by atoms with van der Waals surface area (Å²) in [6.45, 7) is 2.09. The lowest BCUT2D eigenvalue weighted by atomic mass is 10.0. The van der Waals surface area contributed by atoms with Gasteiger partial charge in [-0.2, -0.15) is 0 Å². The van der Waals surface area contributed by atoms with Crippen LogP contribution in [-0.4, -0.2) is 0 Å². The molecule has 0 saturated carbocycles. The van der Waals surface area contributed by atoms with Gasteiger partial charge in [0.2, 0.25) is 0 Å². The first-order valence-corrected chi connectivity index (χ1v) is 7.02. The van der Waals surface area contributed by atoms with Crippen molar-refractivity contribution in [1.82, 2.24) is 0 Å². The van der Waals surface area contributed by atoms with Gasteiger partial charge in [0.25, 0.3) is 0 Å². The van der Waals surface area contributed by atoms with Crippen LogP contribution in [0.1, 0.15) is 29.3 Å². The molecule has 1 heterocycles. The first-order valence-electron chi connectivity index (χ1n) is 7.02. The van der Waals surface area contributed by atoms with E-state index in [0.717, 1.165) is 24.2 Å². The Kier molecular flexibility index (Phi) is 3.57. The minimum absolute atomic E-state index is 0.0612. The third kappa shape index (κ3) is 2.75. The molecule has 2 heteroatoms. The van der Waals surface area contributed by atoms with E-state index in [0.29, 0.717) is 0 Å². The molecule has 0 aliphatic carbocycles. The monoisotopic (exact) mass is 265 g/mol. The maximum Gasteiger partial charge on any atom is 0.134 e. The second kappa shape index (κ2) is 5.51. The lowest BCUT2D eigenvalue weighted by molar-refractivity contribution is 0.519. The van der Waals surface area contributed by atoms with Crippen molar-refractivity contribution in [3.63, 3.8) is 0 Å². The van der Waals surface area contributed by atoms with Crippen LogP contribution in [0.5, 0.6) is 0 Å². The number of aryl methyl sites for hydroxylation is 2. The van der Waals surface area contributed by atoms with E-state index in [1.807, 2.05) is 24.3 Å². The SMILES string of the molecule is Cc1ccc2oc(CCC(N)c3ccccc3)cc2c1. The molecule has 0 fully saturated rings. The Labute approximate surface area is 119 Å². The van der Waals surface area contributed by atoms with Gasteiger partial charge in [0.1, 0.15) is 11.3 Å². The number of rotatable bonds is 4. The van der Waals surface area contributed by atoms with E-state index in [4.69, 9.17) is 10.2 Å². The fraction of sp³-hybridized carbons (Fsp3) is 0.222. The highest BCUT2D eigenvalue weighted by molar-refractivity contribution is 5.78. The van der Waals surface area contributed by atoms with E-state index in [2.05, 4.69) is 37.3 Å². The van der Waals surface area contributed by atoms with E-state index in [1.54, 1.807) is 0 Å². The Morgan fingerprint density at radius 1 is 1.05 bits per heavy atom. The molecular formula is C18H19NO. The predicted molar refractivity (Wildman–Crippen MR) is 82.6 cm³/mol. The lowest BCUT2D eigenvalue weighted by Gasteiger charge is -2.10. The summed E-state index contributed by atoms with van der Waals surface area (Å²) in [7, 11) is 0. The van der Waals surface area contributed by atoms with Gasteiger partial charge in [-0.25, -0.2) is 0 Å². The van der Waals surface area contributed by atoms with Gasteiger partial charge in [0, 0.05) is 17.8 Å². The van der Waals surface area contributed by atoms with Crippen molar-refractivity contribution in [1.29, 1.82) is 0 Å². The number of nitrogens with two attached hydrogens (primary N) is 1. The first kappa shape index (κ1) is 12.9. The van der Waals surface area contributed by atoms with Crippen LogP contribution in [0, 0.1) is 6.92 Å². The maximum absolute atomic E-state index is 6.22. The second-order valence-corrected chi connectivity index (χ2v) is 5.31. The van der Waals surface area contributed by atoms with E-state index >= 15 is 0 Å². The molecule has 3 rings (SSSR count). The molecule has 20 heavy (non-hydrogen) atoms. The zero-order valence-electron chi connectivity index (χ0n) is 11.7. The van der Waals surface area contributed by atoms with Crippen molar-refractivity contribution in [3.05, 3.63) is 71.5 Å². The molecule has 0 spiro atoms.